The molecule has 0 spiro atoms. The van der Waals surface area contributed by atoms with Gasteiger partial charge in [0.05, 0.1) is 0 Å². The molecule has 3 heteroatoms. The maximum Gasteiger partial charge on any atom is 0.255 e. The summed E-state index contributed by atoms with van der Waals surface area (Å²) in [4.78, 5) is 12.1. The van der Waals surface area contributed by atoms with Gasteiger partial charge in [0.1, 0.15) is 0 Å². The molecule has 92 valence electrons. The van der Waals surface area contributed by atoms with Crippen LogP contribution in [0.5, 0.6) is 0 Å². The second-order valence-corrected chi connectivity index (χ2v) is 4.89. The standard InChI is InChI=1S/C15H14BrNO/c1-2-11-5-3-4-6-14(11)17-15(18)12-7-9-13(16)10-8-12/h3-10H,2H2,1H3,(H,17,18). The Morgan fingerprint density at radius 1 is 1.11 bits per heavy atom. The fraction of sp³-hybridized carbons (Fsp3) is 0.133. The van der Waals surface area contributed by atoms with Gasteiger partial charge in [-0.25, -0.2) is 0 Å². The number of hydrogen-bond donors (Lipinski definition) is 1. The number of amides is 1. The predicted molar refractivity (Wildman–Crippen MR) is 77.9 cm³/mol. The molecule has 0 radical (unpaired) electrons. The lowest BCUT2D eigenvalue weighted by atomic mass is 10.1. The van der Waals surface area contributed by atoms with Crippen LogP contribution in [0, 0.1) is 0 Å². The first kappa shape index (κ1) is 12.8. The van der Waals surface area contributed by atoms with Crippen LogP contribution in [0.4, 0.5) is 5.69 Å². The van der Waals surface area contributed by atoms with Crippen LogP contribution < -0.4 is 5.32 Å². The molecule has 0 atom stereocenters. The molecule has 0 saturated carbocycles. The van der Waals surface area contributed by atoms with Gasteiger partial charge in [-0.2, -0.15) is 0 Å². The third-order valence-electron chi connectivity index (χ3n) is 2.75. The molecule has 0 aliphatic rings. The lowest BCUT2D eigenvalue weighted by Crippen LogP contribution is -2.12. The molecule has 0 aliphatic carbocycles. The number of aryl methyl sites for hydroxylation is 1. The van der Waals surface area contributed by atoms with Crippen LogP contribution in [-0.4, -0.2) is 5.91 Å². The van der Waals surface area contributed by atoms with Gasteiger partial charge in [-0.05, 0) is 42.3 Å². The Balaban J connectivity index is 2.18. The summed E-state index contributed by atoms with van der Waals surface area (Å²) < 4.78 is 0.966. The number of para-hydroxylation sites is 1. The summed E-state index contributed by atoms with van der Waals surface area (Å²) in [7, 11) is 0. The van der Waals surface area contributed by atoms with E-state index in [-0.39, 0.29) is 5.91 Å². The molecule has 1 amide bonds. The number of rotatable bonds is 3. The van der Waals surface area contributed by atoms with Crippen LogP contribution in [0.3, 0.4) is 0 Å². The number of carbonyl (C=O) groups excluding carboxylic acids is 1. The smallest absolute Gasteiger partial charge is 0.255 e. The quantitative estimate of drug-likeness (QED) is 0.901. The normalized spacial score (nSPS) is 10.1. The zero-order valence-electron chi connectivity index (χ0n) is 10.1. The number of anilines is 1. The Labute approximate surface area is 115 Å². The summed E-state index contributed by atoms with van der Waals surface area (Å²) in [5, 5.41) is 2.94. The van der Waals surface area contributed by atoms with Gasteiger partial charge in [0.2, 0.25) is 0 Å². The van der Waals surface area contributed by atoms with Crippen LogP contribution >= 0.6 is 15.9 Å². The molecule has 18 heavy (non-hydrogen) atoms. The molecule has 0 fully saturated rings. The maximum atomic E-state index is 12.1. The van der Waals surface area contributed by atoms with Crippen LogP contribution in [0.25, 0.3) is 0 Å². The van der Waals surface area contributed by atoms with Gasteiger partial charge >= 0.3 is 0 Å². The van der Waals surface area contributed by atoms with E-state index < -0.39 is 0 Å². The lowest BCUT2D eigenvalue weighted by molar-refractivity contribution is 0.102. The maximum absolute atomic E-state index is 12.1. The van der Waals surface area contributed by atoms with Gasteiger partial charge in [-0.1, -0.05) is 41.1 Å². The van der Waals surface area contributed by atoms with Crippen molar-refractivity contribution in [1.29, 1.82) is 0 Å². The van der Waals surface area contributed by atoms with E-state index in [2.05, 4.69) is 28.2 Å². The number of halogens is 1. The van der Waals surface area contributed by atoms with E-state index in [4.69, 9.17) is 0 Å². The van der Waals surface area contributed by atoms with E-state index >= 15 is 0 Å². The minimum atomic E-state index is -0.0802. The average Bonchev–Trinajstić information content (AvgIpc) is 2.40. The van der Waals surface area contributed by atoms with Crippen molar-refractivity contribution in [3.8, 4) is 0 Å². The Hall–Kier alpha value is -1.61. The zero-order valence-corrected chi connectivity index (χ0v) is 11.7. The van der Waals surface area contributed by atoms with Gasteiger partial charge in [0, 0.05) is 15.7 Å². The topological polar surface area (TPSA) is 29.1 Å². The van der Waals surface area contributed by atoms with Gasteiger partial charge in [-0.15, -0.1) is 0 Å². The fourth-order valence-electron chi connectivity index (χ4n) is 1.75. The average molecular weight is 304 g/mol. The van der Waals surface area contributed by atoms with Crippen molar-refractivity contribution in [2.75, 3.05) is 5.32 Å². The molecule has 0 heterocycles. The molecule has 2 rings (SSSR count). The number of carbonyl (C=O) groups is 1. The Morgan fingerprint density at radius 3 is 2.44 bits per heavy atom. The number of benzene rings is 2. The van der Waals surface area contributed by atoms with E-state index in [0.29, 0.717) is 5.56 Å². The first-order valence-corrected chi connectivity index (χ1v) is 6.65. The van der Waals surface area contributed by atoms with Crippen molar-refractivity contribution >= 4 is 27.5 Å². The summed E-state index contributed by atoms with van der Waals surface area (Å²) in [5.74, 6) is -0.0802. The SMILES string of the molecule is CCc1ccccc1NC(=O)c1ccc(Br)cc1. The van der Waals surface area contributed by atoms with Crippen molar-refractivity contribution in [3.05, 3.63) is 64.1 Å². The molecule has 0 bridgehead atoms. The van der Waals surface area contributed by atoms with E-state index in [9.17, 15) is 4.79 Å². The first-order valence-electron chi connectivity index (χ1n) is 5.85. The van der Waals surface area contributed by atoms with Crippen LogP contribution in [0.1, 0.15) is 22.8 Å². The van der Waals surface area contributed by atoms with E-state index in [0.717, 1.165) is 22.1 Å². The molecule has 2 aromatic carbocycles. The molecule has 0 aliphatic heterocycles. The summed E-state index contributed by atoms with van der Waals surface area (Å²) >= 11 is 3.35. The van der Waals surface area contributed by atoms with Gasteiger partial charge in [0.25, 0.3) is 5.91 Å². The van der Waals surface area contributed by atoms with Crippen molar-refractivity contribution < 1.29 is 4.79 Å². The van der Waals surface area contributed by atoms with Crippen LogP contribution in [0.15, 0.2) is 53.0 Å². The zero-order chi connectivity index (χ0) is 13.0. The first-order chi connectivity index (χ1) is 8.70. The van der Waals surface area contributed by atoms with Crippen LogP contribution in [-0.2, 0) is 6.42 Å². The lowest BCUT2D eigenvalue weighted by Gasteiger charge is -2.09. The summed E-state index contributed by atoms with van der Waals surface area (Å²) in [6, 6.07) is 15.2. The van der Waals surface area contributed by atoms with Crippen molar-refractivity contribution in [1.82, 2.24) is 0 Å². The highest BCUT2D eigenvalue weighted by atomic mass is 79.9. The van der Waals surface area contributed by atoms with Gasteiger partial charge in [0.15, 0.2) is 0 Å². The van der Waals surface area contributed by atoms with Crippen molar-refractivity contribution in [2.24, 2.45) is 0 Å². The number of nitrogens with one attached hydrogen (secondary N) is 1. The molecule has 0 unspecified atom stereocenters. The highest BCUT2D eigenvalue weighted by molar-refractivity contribution is 9.10. The van der Waals surface area contributed by atoms with Gasteiger partial charge in [-0.3, -0.25) is 4.79 Å². The monoisotopic (exact) mass is 303 g/mol. The molecule has 1 N–H and O–H groups in total. The second kappa shape index (κ2) is 5.83. The van der Waals surface area contributed by atoms with Crippen molar-refractivity contribution in [3.63, 3.8) is 0 Å². The third-order valence-corrected chi connectivity index (χ3v) is 3.28. The minimum absolute atomic E-state index is 0.0802. The molecule has 2 nitrogen and oxygen atoms in total. The molecule has 0 aromatic heterocycles. The highest BCUT2D eigenvalue weighted by Crippen LogP contribution is 2.17. The minimum Gasteiger partial charge on any atom is -0.322 e. The highest BCUT2D eigenvalue weighted by Gasteiger charge is 2.07. The second-order valence-electron chi connectivity index (χ2n) is 3.97. The molecule has 2 aromatic rings. The third kappa shape index (κ3) is 2.99. The Bertz CT molecular complexity index is 549. The summed E-state index contributed by atoms with van der Waals surface area (Å²) in [6.07, 6.45) is 0.900. The largest absolute Gasteiger partial charge is 0.322 e. The van der Waals surface area contributed by atoms with E-state index in [1.807, 2.05) is 36.4 Å². The number of hydrogen-bond acceptors (Lipinski definition) is 1. The summed E-state index contributed by atoms with van der Waals surface area (Å²) in [5.41, 5.74) is 2.68. The molecular weight excluding hydrogens is 290 g/mol. The Kier molecular flexibility index (Phi) is 4.15. The summed E-state index contributed by atoms with van der Waals surface area (Å²) in [6.45, 7) is 2.07. The molecular formula is C15H14BrNO. The van der Waals surface area contributed by atoms with E-state index in [1.165, 1.54) is 0 Å². The molecule has 0 saturated heterocycles. The van der Waals surface area contributed by atoms with Crippen molar-refractivity contribution in [2.45, 2.75) is 13.3 Å². The fourth-order valence-corrected chi connectivity index (χ4v) is 2.01. The Morgan fingerprint density at radius 2 is 1.78 bits per heavy atom. The van der Waals surface area contributed by atoms with E-state index in [1.54, 1.807) is 12.1 Å². The predicted octanol–water partition coefficient (Wildman–Crippen LogP) is 4.26. The van der Waals surface area contributed by atoms with Gasteiger partial charge < -0.3 is 5.32 Å². The van der Waals surface area contributed by atoms with Crippen LogP contribution in [0.2, 0.25) is 0 Å².